The highest BCUT2D eigenvalue weighted by Crippen LogP contribution is 2.38. The van der Waals surface area contributed by atoms with Gasteiger partial charge in [-0.25, -0.2) is 19.7 Å². The van der Waals surface area contributed by atoms with E-state index in [1.807, 2.05) is 84.0 Å². The first kappa shape index (κ1) is 32.0. The second kappa shape index (κ2) is 13.7. The van der Waals surface area contributed by atoms with Crippen LogP contribution in [-0.2, 0) is 4.74 Å². The first-order chi connectivity index (χ1) is 21.5. The Bertz CT molecular complexity index is 1640. The number of anilines is 2. The number of benzene rings is 2. The van der Waals surface area contributed by atoms with Gasteiger partial charge in [-0.1, -0.05) is 38.1 Å². The molecule has 4 aromatic rings. The Morgan fingerprint density at radius 3 is 2.67 bits per heavy atom. The summed E-state index contributed by atoms with van der Waals surface area (Å²) in [6, 6.07) is 15.7. The van der Waals surface area contributed by atoms with Crippen LogP contribution in [-0.4, -0.2) is 68.4 Å². The molecule has 1 fully saturated rings. The molecular formula is C35H44N6O4. The number of ether oxygens (including phenoxy) is 2. The lowest BCUT2D eigenvalue weighted by Crippen LogP contribution is -2.47. The van der Waals surface area contributed by atoms with Gasteiger partial charge < -0.3 is 30.1 Å². The molecule has 1 amide bonds. The molecule has 2 aromatic heterocycles. The number of nitrogens with one attached hydrogen (secondary N) is 2. The number of rotatable bonds is 9. The van der Waals surface area contributed by atoms with Crippen molar-refractivity contribution in [1.29, 1.82) is 0 Å². The van der Waals surface area contributed by atoms with Crippen molar-refractivity contribution in [3.05, 3.63) is 66.5 Å². The van der Waals surface area contributed by atoms with Crippen molar-refractivity contribution in [2.75, 3.05) is 30.3 Å². The third kappa shape index (κ3) is 7.99. The van der Waals surface area contributed by atoms with E-state index in [1.165, 1.54) is 0 Å². The number of pyridine rings is 1. The zero-order valence-corrected chi connectivity index (χ0v) is 27.0. The molecule has 1 unspecified atom stereocenters. The fraction of sp³-hybridized carbons (Fsp3) is 0.429. The molecule has 1 saturated heterocycles. The van der Waals surface area contributed by atoms with E-state index in [9.17, 15) is 9.90 Å². The highest BCUT2D eigenvalue weighted by Gasteiger charge is 2.28. The van der Waals surface area contributed by atoms with Crippen LogP contribution in [0.1, 0.15) is 53.0 Å². The number of aryl methyl sites for hydroxylation is 1. The number of aromatic nitrogens is 3. The Hall–Kier alpha value is -4.44. The topological polar surface area (TPSA) is 122 Å². The molecule has 238 valence electrons. The number of likely N-dealkylation sites (tertiary alicyclic amines) is 1. The SMILES string of the molecule is Cc1ccc2c(NC[C@H](O)C(C)C)cccc2c1Oc1ncccc1-c1ccnc(NC2CCCN(C(=O)OC(C)(C)C)C2)n1. The smallest absolute Gasteiger partial charge is 0.410 e. The quantitative estimate of drug-likeness (QED) is 0.183. The molecule has 3 N–H and O–H groups in total. The maximum atomic E-state index is 12.7. The lowest BCUT2D eigenvalue weighted by atomic mass is 10.0. The van der Waals surface area contributed by atoms with Gasteiger partial charge in [0.2, 0.25) is 11.8 Å². The van der Waals surface area contributed by atoms with E-state index >= 15 is 0 Å². The molecular weight excluding hydrogens is 568 g/mol. The number of fused-ring (bicyclic) bond motifs is 1. The van der Waals surface area contributed by atoms with E-state index in [0.717, 1.165) is 40.4 Å². The summed E-state index contributed by atoms with van der Waals surface area (Å²) in [7, 11) is 0. The molecule has 1 aliphatic rings. The van der Waals surface area contributed by atoms with Gasteiger partial charge >= 0.3 is 6.09 Å². The monoisotopic (exact) mass is 612 g/mol. The van der Waals surface area contributed by atoms with E-state index in [2.05, 4.69) is 26.7 Å². The van der Waals surface area contributed by atoms with Crippen molar-refractivity contribution in [2.45, 2.75) is 72.1 Å². The number of piperidine rings is 1. The minimum Gasteiger partial charge on any atom is -0.444 e. The van der Waals surface area contributed by atoms with Gasteiger partial charge in [0, 0.05) is 54.5 Å². The van der Waals surface area contributed by atoms with Gasteiger partial charge in [-0.05, 0) is 76.3 Å². The van der Waals surface area contributed by atoms with Gasteiger partial charge in [0.1, 0.15) is 11.4 Å². The average Bonchev–Trinajstić information content (AvgIpc) is 3.00. The Balaban J connectivity index is 1.37. The number of hydrogen-bond donors (Lipinski definition) is 3. The van der Waals surface area contributed by atoms with Crippen molar-refractivity contribution >= 4 is 28.5 Å². The lowest BCUT2D eigenvalue weighted by Gasteiger charge is -2.34. The fourth-order valence-electron chi connectivity index (χ4n) is 5.29. The highest BCUT2D eigenvalue weighted by molar-refractivity contribution is 5.98. The number of carbonyl (C=O) groups excluding carboxylic acids is 1. The number of carbonyl (C=O) groups is 1. The van der Waals surface area contributed by atoms with Crippen LogP contribution in [0.3, 0.4) is 0 Å². The summed E-state index contributed by atoms with van der Waals surface area (Å²) in [4.78, 5) is 28.3. The Morgan fingerprint density at radius 1 is 1.07 bits per heavy atom. The van der Waals surface area contributed by atoms with Crippen molar-refractivity contribution in [1.82, 2.24) is 19.9 Å². The Morgan fingerprint density at radius 2 is 1.89 bits per heavy atom. The average molecular weight is 613 g/mol. The standard InChI is InChI=1S/C35H44N6O4/c1-22(2)30(42)20-38-28-13-7-11-26-25(28)15-14-23(3)31(26)44-32-27(12-8-17-36-32)29-16-18-37-33(40-29)39-24-10-9-19-41(21-24)34(43)45-35(4,5)6/h7-8,11-18,22,24,30,38,42H,9-10,19-21H2,1-6H3,(H,37,39,40)/t24?,30-/m0/s1. The maximum absolute atomic E-state index is 12.7. The van der Waals surface area contributed by atoms with E-state index in [0.29, 0.717) is 42.9 Å². The zero-order chi connectivity index (χ0) is 32.1. The van der Waals surface area contributed by atoms with E-state index in [4.69, 9.17) is 14.5 Å². The van der Waals surface area contributed by atoms with E-state index in [-0.39, 0.29) is 18.1 Å². The predicted molar refractivity (Wildman–Crippen MR) is 178 cm³/mol. The number of amides is 1. The second-order valence-corrected chi connectivity index (χ2v) is 12.9. The molecule has 0 aliphatic carbocycles. The molecule has 0 spiro atoms. The molecule has 10 nitrogen and oxygen atoms in total. The normalized spacial score (nSPS) is 16.0. The lowest BCUT2D eigenvalue weighted by molar-refractivity contribution is 0.0206. The zero-order valence-electron chi connectivity index (χ0n) is 27.0. The van der Waals surface area contributed by atoms with Gasteiger partial charge in [-0.15, -0.1) is 0 Å². The van der Waals surface area contributed by atoms with Crippen LogP contribution in [0.25, 0.3) is 22.0 Å². The van der Waals surface area contributed by atoms with Crippen molar-refractivity contribution in [2.24, 2.45) is 5.92 Å². The summed E-state index contributed by atoms with van der Waals surface area (Å²) in [5, 5.41) is 19.1. The van der Waals surface area contributed by atoms with Crippen LogP contribution in [0, 0.1) is 12.8 Å². The summed E-state index contributed by atoms with van der Waals surface area (Å²) in [6.45, 7) is 13.3. The minimum atomic E-state index is -0.542. The summed E-state index contributed by atoms with van der Waals surface area (Å²) >= 11 is 0. The van der Waals surface area contributed by atoms with Gasteiger partial charge in [0.05, 0.1) is 17.4 Å². The summed E-state index contributed by atoms with van der Waals surface area (Å²) in [6.07, 6.45) is 4.40. The summed E-state index contributed by atoms with van der Waals surface area (Å²) in [5.41, 5.74) is 2.75. The third-order valence-electron chi connectivity index (χ3n) is 7.79. The molecule has 2 aromatic carbocycles. The maximum Gasteiger partial charge on any atom is 0.410 e. The van der Waals surface area contributed by atoms with Crippen LogP contribution in [0.5, 0.6) is 11.6 Å². The Labute approximate surface area is 265 Å². The number of nitrogens with zero attached hydrogens (tertiary/aromatic N) is 4. The van der Waals surface area contributed by atoms with Gasteiger partial charge in [0.15, 0.2) is 0 Å². The molecule has 0 saturated carbocycles. The van der Waals surface area contributed by atoms with Crippen LogP contribution in [0.2, 0.25) is 0 Å². The van der Waals surface area contributed by atoms with Crippen LogP contribution < -0.4 is 15.4 Å². The largest absolute Gasteiger partial charge is 0.444 e. The molecule has 3 heterocycles. The molecule has 5 rings (SSSR count). The molecule has 10 heteroatoms. The van der Waals surface area contributed by atoms with Crippen molar-refractivity contribution < 1.29 is 19.4 Å². The molecule has 0 radical (unpaired) electrons. The summed E-state index contributed by atoms with van der Waals surface area (Å²) < 4.78 is 12.1. The van der Waals surface area contributed by atoms with Crippen molar-refractivity contribution in [3.63, 3.8) is 0 Å². The van der Waals surface area contributed by atoms with Gasteiger partial charge in [0.25, 0.3) is 0 Å². The number of hydrogen-bond acceptors (Lipinski definition) is 9. The van der Waals surface area contributed by atoms with Crippen LogP contribution >= 0.6 is 0 Å². The number of aliphatic hydroxyl groups is 1. The first-order valence-corrected chi connectivity index (χ1v) is 15.6. The molecule has 0 bridgehead atoms. The second-order valence-electron chi connectivity index (χ2n) is 12.9. The predicted octanol–water partition coefficient (Wildman–Crippen LogP) is 7.03. The molecule has 45 heavy (non-hydrogen) atoms. The third-order valence-corrected chi connectivity index (χ3v) is 7.79. The minimum absolute atomic E-state index is 0.00562. The van der Waals surface area contributed by atoms with Crippen LogP contribution in [0.4, 0.5) is 16.4 Å². The molecule has 1 aliphatic heterocycles. The van der Waals surface area contributed by atoms with Gasteiger partial charge in [-0.3, -0.25) is 0 Å². The molecule has 2 atom stereocenters. The highest BCUT2D eigenvalue weighted by atomic mass is 16.6. The summed E-state index contributed by atoms with van der Waals surface area (Å²) in [5.74, 6) is 1.76. The van der Waals surface area contributed by atoms with E-state index in [1.54, 1.807) is 17.3 Å². The Kier molecular flexibility index (Phi) is 9.72. The van der Waals surface area contributed by atoms with Crippen LogP contribution in [0.15, 0.2) is 60.9 Å². The fourth-order valence-corrected chi connectivity index (χ4v) is 5.29. The van der Waals surface area contributed by atoms with E-state index < -0.39 is 11.7 Å². The number of aliphatic hydroxyl groups excluding tert-OH is 1. The van der Waals surface area contributed by atoms with Gasteiger partial charge in [-0.2, -0.15) is 0 Å². The van der Waals surface area contributed by atoms with Crippen molar-refractivity contribution in [3.8, 4) is 22.9 Å². The first-order valence-electron chi connectivity index (χ1n) is 15.6.